The van der Waals surface area contributed by atoms with E-state index in [1.165, 1.54) is 6.42 Å². The van der Waals surface area contributed by atoms with Gasteiger partial charge in [0.1, 0.15) is 0 Å². The number of benzene rings is 1. The van der Waals surface area contributed by atoms with Gasteiger partial charge in [0.15, 0.2) is 11.5 Å². The van der Waals surface area contributed by atoms with Crippen molar-refractivity contribution >= 4 is 34.2 Å². The number of rotatable bonds is 4. The third-order valence-corrected chi connectivity index (χ3v) is 6.76. The zero-order chi connectivity index (χ0) is 21.8. The van der Waals surface area contributed by atoms with E-state index in [2.05, 4.69) is 20.5 Å². The Morgan fingerprint density at radius 2 is 2.03 bits per heavy atom. The van der Waals surface area contributed by atoms with Crippen LogP contribution in [0.1, 0.15) is 58.4 Å². The minimum atomic E-state index is -0.573. The van der Waals surface area contributed by atoms with Gasteiger partial charge in [-0.3, -0.25) is 14.7 Å². The van der Waals surface area contributed by atoms with E-state index in [4.69, 9.17) is 4.98 Å². The smallest absolute Gasteiger partial charge is 0.237 e. The van der Waals surface area contributed by atoms with Gasteiger partial charge in [-0.2, -0.15) is 5.10 Å². The molecule has 2 amide bonds. The lowest BCUT2D eigenvalue weighted by molar-refractivity contribution is -0.122. The number of anilines is 2. The Hall–Kier alpha value is -3.16. The Kier molecular flexibility index (Phi) is 4.60. The first-order valence-electron chi connectivity index (χ1n) is 11.1. The molecular formula is C23H28N6O2. The molecule has 1 fully saturated rings. The second-order valence-electron chi connectivity index (χ2n) is 9.12. The van der Waals surface area contributed by atoms with Gasteiger partial charge in [-0.05, 0) is 51.3 Å². The van der Waals surface area contributed by atoms with E-state index in [1.54, 1.807) is 6.20 Å². The van der Waals surface area contributed by atoms with E-state index < -0.39 is 5.41 Å². The van der Waals surface area contributed by atoms with Crippen LogP contribution in [0.4, 0.5) is 11.4 Å². The fraction of sp³-hybridized carbons (Fsp3) is 0.478. The summed E-state index contributed by atoms with van der Waals surface area (Å²) in [5.41, 5.74) is 4.17. The first-order chi connectivity index (χ1) is 14.9. The first-order valence-corrected chi connectivity index (χ1v) is 11.1. The van der Waals surface area contributed by atoms with Gasteiger partial charge in [-0.15, -0.1) is 0 Å². The van der Waals surface area contributed by atoms with E-state index in [1.807, 2.05) is 37.8 Å². The molecule has 5 rings (SSSR count). The van der Waals surface area contributed by atoms with Crippen LogP contribution in [-0.4, -0.2) is 38.5 Å². The summed E-state index contributed by atoms with van der Waals surface area (Å²) in [6.07, 6.45) is 7.01. The quantitative estimate of drug-likeness (QED) is 0.590. The van der Waals surface area contributed by atoms with E-state index >= 15 is 0 Å². The van der Waals surface area contributed by atoms with Crippen molar-refractivity contribution in [1.82, 2.24) is 20.2 Å². The molecule has 1 aliphatic heterocycles. The molecule has 2 aliphatic rings. The van der Waals surface area contributed by atoms with Crippen molar-refractivity contribution in [3.8, 4) is 11.5 Å². The van der Waals surface area contributed by atoms with Gasteiger partial charge < -0.3 is 15.2 Å². The molecule has 2 aromatic heterocycles. The van der Waals surface area contributed by atoms with Gasteiger partial charge in [0, 0.05) is 18.7 Å². The highest BCUT2D eigenvalue weighted by molar-refractivity contribution is 6.09. The molecule has 1 aromatic carbocycles. The first kappa shape index (κ1) is 19.8. The van der Waals surface area contributed by atoms with Crippen LogP contribution >= 0.6 is 0 Å². The molecular weight excluding hydrogens is 392 g/mol. The van der Waals surface area contributed by atoms with Crippen molar-refractivity contribution in [3.05, 3.63) is 23.9 Å². The number of nitrogens with one attached hydrogen (secondary N) is 3. The number of hydrogen-bond donors (Lipinski definition) is 3. The Morgan fingerprint density at radius 3 is 2.77 bits per heavy atom. The average molecular weight is 421 g/mol. The molecule has 31 heavy (non-hydrogen) atoms. The fourth-order valence-electron chi connectivity index (χ4n) is 4.92. The van der Waals surface area contributed by atoms with Crippen molar-refractivity contribution in [3.63, 3.8) is 0 Å². The normalized spacial score (nSPS) is 18.5. The monoisotopic (exact) mass is 420 g/mol. The van der Waals surface area contributed by atoms with Gasteiger partial charge in [0.05, 0.1) is 27.8 Å². The van der Waals surface area contributed by atoms with Crippen molar-refractivity contribution < 1.29 is 9.59 Å². The second-order valence-corrected chi connectivity index (χ2v) is 9.12. The minimum Gasteiger partial charge on any atom is -0.337 e. The van der Waals surface area contributed by atoms with Crippen LogP contribution < -0.4 is 10.2 Å². The molecule has 0 saturated heterocycles. The number of aromatic nitrogens is 4. The fourth-order valence-corrected chi connectivity index (χ4v) is 4.92. The number of amides is 2. The van der Waals surface area contributed by atoms with Gasteiger partial charge in [0.25, 0.3) is 0 Å². The molecule has 0 unspecified atom stereocenters. The van der Waals surface area contributed by atoms with Crippen LogP contribution in [0.15, 0.2) is 18.3 Å². The second kappa shape index (κ2) is 7.21. The summed E-state index contributed by atoms with van der Waals surface area (Å²) in [7, 11) is 0. The van der Waals surface area contributed by atoms with Crippen molar-refractivity contribution in [2.24, 2.45) is 5.92 Å². The molecule has 8 nitrogen and oxygen atoms in total. The topological polar surface area (TPSA) is 107 Å². The van der Waals surface area contributed by atoms with Crippen LogP contribution in [0.2, 0.25) is 0 Å². The third-order valence-electron chi connectivity index (χ3n) is 6.76. The highest BCUT2D eigenvalue weighted by Crippen LogP contribution is 2.43. The maximum atomic E-state index is 12.8. The maximum Gasteiger partial charge on any atom is 0.237 e. The molecule has 3 aromatic rings. The van der Waals surface area contributed by atoms with Gasteiger partial charge >= 0.3 is 0 Å². The molecule has 0 spiro atoms. The summed E-state index contributed by atoms with van der Waals surface area (Å²) in [5.74, 6) is 0.815. The molecule has 162 valence electrons. The van der Waals surface area contributed by atoms with Gasteiger partial charge in [0.2, 0.25) is 11.8 Å². The summed E-state index contributed by atoms with van der Waals surface area (Å²) in [6.45, 7) is 6.52. The molecule has 1 aliphatic carbocycles. The lowest BCUT2D eigenvalue weighted by atomic mass is 9.86. The number of carbonyl (C=O) groups excluding carboxylic acids is 2. The summed E-state index contributed by atoms with van der Waals surface area (Å²) in [5, 5.41) is 10.2. The van der Waals surface area contributed by atoms with Gasteiger partial charge in [-0.25, -0.2) is 4.98 Å². The molecule has 1 saturated carbocycles. The molecule has 8 heteroatoms. The largest absolute Gasteiger partial charge is 0.337 e. The van der Waals surface area contributed by atoms with E-state index in [0.717, 1.165) is 48.0 Å². The molecule has 0 bridgehead atoms. The highest BCUT2D eigenvalue weighted by Gasteiger charge is 2.43. The minimum absolute atomic E-state index is 0.0521. The number of aromatic amines is 2. The van der Waals surface area contributed by atoms with Crippen LogP contribution in [0, 0.1) is 5.92 Å². The number of likely N-dealkylation sites (N-methyl/N-ethyl adjacent to an activating group) is 1. The van der Waals surface area contributed by atoms with Crippen LogP contribution in [0.5, 0.6) is 0 Å². The number of fused-ring (bicyclic) bond motifs is 2. The van der Waals surface area contributed by atoms with Crippen molar-refractivity contribution in [2.75, 3.05) is 16.8 Å². The highest BCUT2D eigenvalue weighted by atomic mass is 16.2. The standard InChI is InChI=1S/C23H28N6O2/c1-4-29-18-11-16-15(10-14(18)23(2,3)22(29)31)25-20(26-16)19-17(12-24-28-19)27-21(30)13-8-6-5-7-9-13/h10-13H,4-9H2,1-3H3,(H,24,28)(H,25,26)(H,27,30). The predicted molar refractivity (Wildman–Crippen MR) is 120 cm³/mol. The van der Waals surface area contributed by atoms with Crippen molar-refractivity contribution in [1.29, 1.82) is 0 Å². The average Bonchev–Trinajstić information content (AvgIpc) is 3.43. The summed E-state index contributed by atoms with van der Waals surface area (Å²) < 4.78 is 0. The predicted octanol–water partition coefficient (Wildman–Crippen LogP) is 4.12. The van der Waals surface area contributed by atoms with E-state index in [0.29, 0.717) is 23.8 Å². The Labute approximate surface area is 180 Å². The number of hydrogen-bond acceptors (Lipinski definition) is 4. The number of nitrogens with zero attached hydrogens (tertiary/aromatic N) is 3. The lowest BCUT2D eigenvalue weighted by Gasteiger charge is -2.20. The molecule has 0 atom stereocenters. The molecule has 0 radical (unpaired) electrons. The zero-order valence-corrected chi connectivity index (χ0v) is 18.2. The summed E-state index contributed by atoms with van der Waals surface area (Å²) in [6, 6.07) is 3.98. The number of imidazole rings is 1. The maximum absolute atomic E-state index is 12.8. The van der Waals surface area contributed by atoms with E-state index in [-0.39, 0.29) is 17.7 Å². The zero-order valence-electron chi connectivity index (χ0n) is 18.2. The Morgan fingerprint density at radius 1 is 1.26 bits per heavy atom. The van der Waals surface area contributed by atoms with Crippen molar-refractivity contribution in [2.45, 2.75) is 58.3 Å². The number of carbonyl (C=O) groups is 2. The van der Waals surface area contributed by atoms with E-state index in [9.17, 15) is 9.59 Å². The summed E-state index contributed by atoms with van der Waals surface area (Å²) in [4.78, 5) is 35.4. The van der Waals surface area contributed by atoms with Crippen LogP contribution in [-0.2, 0) is 15.0 Å². The molecule has 3 heterocycles. The Balaban J connectivity index is 1.48. The van der Waals surface area contributed by atoms with Gasteiger partial charge in [-0.1, -0.05) is 19.3 Å². The third kappa shape index (κ3) is 3.12. The number of H-pyrrole nitrogens is 2. The Bertz CT molecular complexity index is 1170. The van der Waals surface area contributed by atoms with Crippen LogP contribution in [0.25, 0.3) is 22.6 Å². The SMILES string of the molecule is CCN1C(=O)C(C)(C)c2cc3[nH]c(-c4n[nH]cc4NC(=O)C4CCCCC4)nc3cc21. The van der Waals surface area contributed by atoms with Crippen LogP contribution in [0.3, 0.4) is 0 Å². The summed E-state index contributed by atoms with van der Waals surface area (Å²) >= 11 is 0. The lowest BCUT2D eigenvalue weighted by Crippen LogP contribution is -2.35. The molecule has 3 N–H and O–H groups in total.